The second-order valence-electron chi connectivity index (χ2n) is 4.21. The molecule has 0 fully saturated rings. The molecular formula is C13H17NO. The highest BCUT2D eigenvalue weighted by Crippen LogP contribution is 2.23. The molecule has 0 saturated heterocycles. The molecule has 1 rings (SSSR count). The fourth-order valence-corrected chi connectivity index (χ4v) is 1.44. The molecule has 2 atom stereocenters. The maximum Gasteiger partial charge on any atom is 0.0812 e. The van der Waals surface area contributed by atoms with Gasteiger partial charge in [0.05, 0.1) is 18.1 Å². The molecule has 1 aromatic carbocycles. The summed E-state index contributed by atoms with van der Waals surface area (Å²) in [5.74, 6) is 0.125. The Morgan fingerprint density at radius 2 is 1.53 bits per heavy atom. The van der Waals surface area contributed by atoms with Gasteiger partial charge in [-0.3, -0.25) is 0 Å². The van der Waals surface area contributed by atoms with E-state index < -0.39 is 6.10 Å². The minimum absolute atomic E-state index is 0.0877. The van der Waals surface area contributed by atoms with Crippen molar-refractivity contribution in [1.82, 2.24) is 0 Å². The predicted octanol–water partition coefficient (Wildman–Crippen LogP) is 3.00. The Hall–Kier alpha value is -1.33. The standard InChI is InChI=1S/C13H17NO/c1-9(2)13(15)12-6-4-11(5-7-12)10(3)8-14/h4-7,9-10,13,15H,1-3H3. The number of benzene rings is 1. The van der Waals surface area contributed by atoms with Gasteiger partial charge in [0.2, 0.25) is 0 Å². The van der Waals surface area contributed by atoms with Crippen molar-refractivity contribution in [2.75, 3.05) is 0 Å². The maximum absolute atomic E-state index is 9.82. The van der Waals surface area contributed by atoms with Gasteiger partial charge in [0.15, 0.2) is 0 Å². The molecule has 0 saturated carbocycles. The van der Waals surface area contributed by atoms with E-state index in [9.17, 15) is 5.11 Å². The number of aliphatic hydroxyl groups excluding tert-OH is 1. The monoisotopic (exact) mass is 203 g/mol. The van der Waals surface area contributed by atoms with E-state index in [4.69, 9.17) is 5.26 Å². The normalized spacial score (nSPS) is 14.7. The second kappa shape index (κ2) is 4.95. The van der Waals surface area contributed by atoms with Gasteiger partial charge in [0.25, 0.3) is 0 Å². The molecule has 0 heterocycles. The van der Waals surface area contributed by atoms with E-state index in [0.29, 0.717) is 0 Å². The smallest absolute Gasteiger partial charge is 0.0812 e. The van der Waals surface area contributed by atoms with Crippen molar-refractivity contribution in [2.24, 2.45) is 5.92 Å². The van der Waals surface area contributed by atoms with Crippen LogP contribution in [0.2, 0.25) is 0 Å². The molecule has 2 heteroatoms. The molecule has 80 valence electrons. The highest BCUT2D eigenvalue weighted by atomic mass is 16.3. The molecule has 0 spiro atoms. The lowest BCUT2D eigenvalue weighted by molar-refractivity contribution is 0.127. The number of rotatable bonds is 3. The van der Waals surface area contributed by atoms with Crippen LogP contribution in [0.5, 0.6) is 0 Å². The van der Waals surface area contributed by atoms with Gasteiger partial charge in [-0.1, -0.05) is 38.1 Å². The van der Waals surface area contributed by atoms with Crippen molar-refractivity contribution >= 4 is 0 Å². The van der Waals surface area contributed by atoms with Crippen LogP contribution in [0.4, 0.5) is 0 Å². The van der Waals surface area contributed by atoms with Crippen LogP contribution in [0.3, 0.4) is 0 Å². The molecule has 1 aromatic rings. The SMILES string of the molecule is CC(C#N)c1ccc(C(O)C(C)C)cc1. The number of nitriles is 1. The highest BCUT2D eigenvalue weighted by Gasteiger charge is 2.12. The van der Waals surface area contributed by atoms with E-state index in [1.807, 2.05) is 45.0 Å². The molecule has 0 aliphatic rings. The van der Waals surface area contributed by atoms with Crippen molar-refractivity contribution < 1.29 is 5.11 Å². The van der Waals surface area contributed by atoms with E-state index in [-0.39, 0.29) is 11.8 Å². The van der Waals surface area contributed by atoms with Crippen LogP contribution >= 0.6 is 0 Å². The van der Waals surface area contributed by atoms with E-state index in [0.717, 1.165) is 11.1 Å². The summed E-state index contributed by atoms with van der Waals surface area (Å²) in [5.41, 5.74) is 1.91. The van der Waals surface area contributed by atoms with E-state index >= 15 is 0 Å². The van der Waals surface area contributed by atoms with Crippen LogP contribution in [0.1, 0.15) is 43.9 Å². The summed E-state index contributed by atoms with van der Waals surface area (Å²) in [5, 5.41) is 18.6. The Labute approximate surface area is 91.2 Å². The molecule has 15 heavy (non-hydrogen) atoms. The van der Waals surface area contributed by atoms with Crippen LogP contribution in [0.15, 0.2) is 24.3 Å². The lowest BCUT2D eigenvalue weighted by Crippen LogP contribution is -2.05. The largest absolute Gasteiger partial charge is 0.388 e. The highest BCUT2D eigenvalue weighted by molar-refractivity contribution is 5.29. The Bertz CT molecular complexity index is 348. The molecule has 2 nitrogen and oxygen atoms in total. The first-order valence-electron chi connectivity index (χ1n) is 5.23. The van der Waals surface area contributed by atoms with Gasteiger partial charge >= 0.3 is 0 Å². The van der Waals surface area contributed by atoms with E-state index in [2.05, 4.69) is 6.07 Å². The van der Waals surface area contributed by atoms with Crippen molar-refractivity contribution in [3.63, 3.8) is 0 Å². The molecule has 0 bridgehead atoms. The van der Waals surface area contributed by atoms with Gasteiger partial charge in [-0.05, 0) is 24.0 Å². The minimum Gasteiger partial charge on any atom is -0.388 e. The Morgan fingerprint density at radius 3 is 1.93 bits per heavy atom. The van der Waals surface area contributed by atoms with Crippen LogP contribution < -0.4 is 0 Å². The lowest BCUT2D eigenvalue weighted by Gasteiger charge is -2.15. The summed E-state index contributed by atoms with van der Waals surface area (Å²) >= 11 is 0. The van der Waals surface area contributed by atoms with E-state index in [1.54, 1.807) is 0 Å². The third-order valence-electron chi connectivity index (χ3n) is 2.60. The number of hydrogen-bond donors (Lipinski definition) is 1. The van der Waals surface area contributed by atoms with Crippen molar-refractivity contribution in [3.8, 4) is 6.07 Å². The Morgan fingerprint density at radius 1 is 1.07 bits per heavy atom. The number of aliphatic hydroxyl groups is 1. The zero-order chi connectivity index (χ0) is 11.4. The Balaban J connectivity index is 2.86. The van der Waals surface area contributed by atoms with Gasteiger partial charge in [-0.15, -0.1) is 0 Å². The molecular weight excluding hydrogens is 186 g/mol. The van der Waals surface area contributed by atoms with E-state index in [1.165, 1.54) is 0 Å². The van der Waals surface area contributed by atoms with Gasteiger partial charge in [0, 0.05) is 0 Å². The topological polar surface area (TPSA) is 44.0 Å². The van der Waals surface area contributed by atoms with Crippen molar-refractivity contribution in [2.45, 2.75) is 32.8 Å². The third-order valence-corrected chi connectivity index (χ3v) is 2.60. The number of nitrogens with zero attached hydrogens (tertiary/aromatic N) is 1. The summed E-state index contributed by atoms with van der Waals surface area (Å²) in [6.07, 6.45) is -0.420. The van der Waals surface area contributed by atoms with Gasteiger partial charge in [-0.25, -0.2) is 0 Å². The zero-order valence-corrected chi connectivity index (χ0v) is 9.44. The van der Waals surface area contributed by atoms with Crippen LogP contribution in [-0.2, 0) is 0 Å². The molecule has 0 aliphatic carbocycles. The fraction of sp³-hybridized carbons (Fsp3) is 0.462. The summed E-state index contributed by atoms with van der Waals surface area (Å²) in [6.45, 7) is 5.83. The molecule has 0 aliphatic heterocycles. The third kappa shape index (κ3) is 2.81. The quantitative estimate of drug-likeness (QED) is 0.820. The first-order chi connectivity index (χ1) is 7.06. The molecule has 0 amide bonds. The minimum atomic E-state index is -0.420. The fourth-order valence-electron chi connectivity index (χ4n) is 1.44. The van der Waals surface area contributed by atoms with Gasteiger partial charge < -0.3 is 5.11 Å². The predicted molar refractivity (Wildman–Crippen MR) is 60.3 cm³/mol. The van der Waals surface area contributed by atoms with Gasteiger partial charge in [0.1, 0.15) is 0 Å². The van der Waals surface area contributed by atoms with Crippen molar-refractivity contribution in [1.29, 1.82) is 5.26 Å². The number of hydrogen-bond acceptors (Lipinski definition) is 2. The average Bonchev–Trinajstić information content (AvgIpc) is 2.27. The summed E-state index contributed by atoms with van der Waals surface area (Å²) in [7, 11) is 0. The molecule has 2 unspecified atom stereocenters. The molecule has 1 N–H and O–H groups in total. The average molecular weight is 203 g/mol. The summed E-state index contributed by atoms with van der Waals surface area (Å²) in [6, 6.07) is 9.81. The first kappa shape index (κ1) is 11.7. The first-order valence-corrected chi connectivity index (χ1v) is 5.23. The second-order valence-corrected chi connectivity index (χ2v) is 4.21. The van der Waals surface area contributed by atoms with Crippen molar-refractivity contribution in [3.05, 3.63) is 35.4 Å². The zero-order valence-electron chi connectivity index (χ0n) is 9.44. The summed E-state index contributed by atoms with van der Waals surface area (Å²) in [4.78, 5) is 0. The summed E-state index contributed by atoms with van der Waals surface area (Å²) < 4.78 is 0. The van der Waals surface area contributed by atoms with Crippen LogP contribution in [0, 0.1) is 17.2 Å². The molecule has 0 aromatic heterocycles. The lowest BCUT2D eigenvalue weighted by atomic mass is 9.95. The molecule has 0 radical (unpaired) electrons. The van der Waals surface area contributed by atoms with Crippen LogP contribution in [-0.4, -0.2) is 5.11 Å². The van der Waals surface area contributed by atoms with Crippen LogP contribution in [0.25, 0.3) is 0 Å². The van der Waals surface area contributed by atoms with Gasteiger partial charge in [-0.2, -0.15) is 5.26 Å². The Kier molecular flexibility index (Phi) is 3.88. The maximum atomic E-state index is 9.82.